The number of hydrogen-bond acceptors (Lipinski definition) is 3. The molecule has 0 saturated heterocycles. The lowest BCUT2D eigenvalue weighted by molar-refractivity contribution is -0.145. The van der Waals surface area contributed by atoms with E-state index in [4.69, 9.17) is 15.6 Å². The summed E-state index contributed by atoms with van der Waals surface area (Å²) in [6.45, 7) is 3.83. The van der Waals surface area contributed by atoms with E-state index in [1.54, 1.807) is 0 Å². The highest BCUT2D eigenvalue weighted by molar-refractivity contribution is 5.72. The first-order valence-electron chi connectivity index (χ1n) is 6.91. The molecule has 4 nitrogen and oxygen atoms in total. The van der Waals surface area contributed by atoms with Crippen LogP contribution in [0.4, 0.5) is 4.39 Å². The van der Waals surface area contributed by atoms with Gasteiger partial charge in [-0.3, -0.25) is 0 Å². The molecule has 0 aliphatic heterocycles. The van der Waals surface area contributed by atoms with Gasteiger partial charge in [0.15, 0.2) is 6.10 Å². The monoisotopic (exact) mass is 283 g/mol. The Labute approximate surface area is 118 Å². The highest BCUT2D eigenvalue weighted by Gasteiger charge is 2.20. The molecule has 0 spiro atoms. The second-order valence-corrected chi connectivity index (χ2v) is 4.86. The van der Waals surface area contributed by atoms with Gasteiger partial charge in [-0.1, -0.05) is 20.3 Å². The Bertz CT molecular complexity index is 451. The van der Waals surface area contributed by atoms with Crippen molar-refractivity contribution in [3.05, 3.63) is 29.6 Å². The Balaban J connectivity index is 2.94. The van der Waals surface area contributed by atoms with Crippen molar-refractivity contribution >= 4 is 5.97 Å². The van der Waals surface area contributed by atoms with Gasteiger partial charge >= 0.3 is 5.97 Å². The van der Waals surface area contributed by atoms with Gasteiger partial charge in [0.25, 0.3) is 0 Å². The molecule has 112 valence electrons. The van der Waals surface area contributed by atoms with Crippen LogP contribution in [0.25, 0.3) is 0 Å². The number of benzene rings is 1. The fraction of sp³-hybridized carbons (Fsp3) is 0.533. The van der Waals surface area contributed by atoms with Gasteiger partial charge in [-0.05, 0) is 43.0 Å². The van der Waals surface area contributed by atoms with Crippen LogP contribution in [-0.2, 0) is 11.2 Å². The SMILES string of the molecule is CCCC(Oc1ccc(F)cc1CC(N)CC)C(=O)O. The second-order valence-electron chi connectivity index (χ2n) is 4.86. The third-order valence-electron chi connectivity index (χ3n) is 3.12. The Hall–Kier alpha value is -1.62. The van der Waals surface area contributed by atoms with Gasteiger partial charge in [-0.2, -0.15) is 0 Å². The Morgan fingerprint density at radius 1 is 1.45 bits per heavy atom. The summed E-state index contributed by atoms with van der Waals surface area (Å²) in [7, 11) is 0. The van der Waals surface area contributed by atoms with E-state index in [0.29, 0.717) is 30.6 Å². The van der Waals surface area contributed by atoms with Crippen LogP contribution in [0.5, 0.6) is 5.75 Å². The van der Waals surface area contributed by atoms with E-state index in [1.807, 2.05) is 13.8 Å². The predicted molar refractivity (Wildman–Crippen MR) is 75.3 cm³/mol. The summed E-state index contributed by atoms with van der Waals surface area (Å²) < 4.78 is 18.9. The van der Waals surface area contributed by atoms with E-state index in [-0.39, 0.29) is 11.9 Å². The fourth-order valence-corrected chi connectivity index (χ4v) is 1.90. The van der Waals surface area contributed by atoms with Gasteiger partial charge in [-0.15, -0.1) is 0 Å². The molecule has 0 aliphatic carbocycles. The molecule has 0 radical (unpaired) electrons. The number of aliphatic carboxylic acids is 1. The van der Waals surface area contributed by atoms with E-state index in [1.165, 1.54) is 18.2 Å². The van der Waals surface area contributed by atoms with Crippen molar-refractivity contribution in [2.75, 3.05) is 0 Å². The van der Waals surface area contributed by atoms with Crippen molar-refractivity contribution in [1.29, 1.82) is 0 Å². The largest absolute Gasteiger partial charge is 0.479 e. The van der Waals surface area contributed by atoms with Crippen LogP contribution >= 0.6 is 0 Å². The van der Waals surface area contributed by atoms with Gasteiger partial charge < -0.3 is 15.6 Å². The minimum Gasteiger partial charge on any atom is -0.479 e. The third-order valence-corrected chi connectivity index (χ3v) is 3.12. The molecule has 1 aromatic carbocycles. The van der Waals surface area contributed by atoms with Crippen LogP contribution in [0.2, 0.25) is 0 Å². The summed E-state index contributed by atoms with van der Waals surface area (Å²) in [5, 5.41) is 9.12. The molecule has 5 heteroatoms. The summed E-state index contributed by atoms with van der Waals surface area (Å²) >= 11 is 0. The molecule has 20 heavy (non-hydrogen) atoms. The summed E-state index contributed by atoms with van der Waals surface area (Å²) in [6.07, 6.45) is 1.41. The van der Waals surface area contributed by atoms with Crippen LogP contribution < -0.4 is 10.5 Å². The second kappa shape index (κ2) is 7.85. The number of rotatable bonds is 8. The number of halogens is 1. The minimum absolute atomic E-state index is 0.103. The molecule has 0 bridgehead atoms. The average Bonchev–Trinajstić information content (AvgIpc) is 2.40. The normalized spacial score (nSPS) is 13.8. The van der Waals surface area contributed by atoms with Gasteiger partial charge in [0.05, 0.1) is 0 Å². The van der Waals surface area contributed by atoms with Crippen molar-refractivity contribution in [2.24, 2.45) is 5.73 Å². The Morgan fingerprint density at radius 2 is 2.15 bits per heavy atom. The first-order valence-corrected chi connectivity index (χ1v) is 6.91. The van der Waals surface area contributed by atoms with Crippen LogP contribution in [0, 0.1) is 5.82 Å². The molecule has 0 aliphatic rings. The Morgan fingerprint density at radius 3 is 2.70 bits per heavy atom. The lowest BCUT2D eigenvalue weighted by atomic mass is 10.0. The summed E-state index contributed by atoms with van der Waals surface area (Å²) in [6, 6.07) is 3.99. The van der Waals surface area contributed by atoms with Crippen molar-refractivity contribution in [3.8, 4) is 5.75 Å². The topological polar surface area (TPSA) is 72.5 Å². The van der Waals surface area contributed by atoms with E-state index >= 15 is 0 Å². The van der Waals surface area contributed by atoms with Gasteiger partial charge in [-0.25, -0.2) is 9.18 Å². The van der Waals surface area contributed by atoms with Gasteiger partial charge in [0.2, 0.25) is 0 Å². The summed E-state index contributed by atoms with van der Waals surface area (Å²) in [5.74, 6) is -0.990. The molecular weight excluding hydrogens is 261 g/mol. The maximum atomic E-state index is 13.3. The molecule has 0 aromatic heterocycles. The van der Waals surface area contributed by atoms with Crippen LogP contribution in [0.15, 0.2) is 18.2 Å². The fourth-order valence-electron chi connectivity index (χ4n) is 1.90. The zero-order valence-electron chi connectivity index (χ0n) is 11.9. The minimum atomic E-state index is -1.01. The van der Waals surface area contributed by atoms with E-state index in [9.17, 15) is 9.18 Å². The smallest absolute Gasteiger partial charge is 0.344 e. The number of carboxylic acids is 1. The van der Waals surface area contributed by atoms with Crippen molar-refractivity contribution in [2.45, 2.75) is 51.7 Å². The lowest BCUT2D eigenvalue weighted by Crippen LogP contribution is -2.28. The maximum Gasteiger partial charge on any atom is 0.344 e. The molecule has 3 N–H and O–H groups in total. The van der Waals surface area contributed by atoms with Crippen molar-refractivity contribution in [3.63, 3.8) is 0 Å². The third kappa shape index (κ3) is 4.81. The molecular formula is C15H22FNO3. The quantitative estimate of drug-likeness (QED) is 0.769. The number of carbonyl (C=O) groups is 1. The Kier molecular flexibility index (Phi) is 6.45. The molecule has 0 saturated carbocycles. The zero-order chi connectivity index (χ0) is 15.1. The van der Waals surface area contributed by atoms with Crippen molar-refractivity contribution in [1.82, 2.24) is 0 Å². The maximum absolute atomic E-state index is 13.3. The lowest BCUT2D eigenvalue weighted by Gasteiger charge is -2.18. The molecule has 2 atom stereocenters. The highest BCUT2D eigenvalue weighted by atomic mass is 19.1. The van der Waals surface area contributed by atoms with Crippen LogP contribution in [0.3, 0.4) is 0 Å². The van der Waals surface area contributed by atoms with Crippen molar-refractivity contribution < 1.29 is 19.0 Å². The zero-order valence-corrected chi connectivity index (χ0v) is 11.9. The number of hydrogen-bond donors (Lipinski definition) is 2. The number of ether oxygens (including phenoxy) is 1. The van der Waals surface area contributed by atoms with Gasteiger partial charge in [0, 0.05) is 6.04 Å². The standard InChI is InChI=1S/C15H22FNO3/c1-3-5-14(15(18)19)20-13-7-6-11(16)8-10(13)9-12(17)4-2/h6-8,12,14H,3-5,9,17H2,1-2H3,(H,18,19). The average molecular weight is 283 g/mol. The number of nitrogens with two attached hydrogens (primary N) is 1. The van der Waals surface area contributed by atoms with E-state index < -0.39 is 12.1 Å². The molecule has 2 unspecified atom stereocenters. The molecule has 1 rings (SSSR count). The highest BCUT2D eigenvalue weighted by Crippen LogP contribution is 2.24. The molecule has 0 fully saturated rings. The van der Waals surface area contributed by atoms with Crippen LogP contribution in [-0.4, -0.2) is 23.2 Å². The number of carboxylic acid groups (broad SMARTS) is 1. The first-order chi connectivity index (χ1) is 9.47. The molecule has 1 aromatic rings. The van der Waals surface area contributed by atoms with Crippen LogP contribution in [0.1, 0.15) is 38.7 Å². The van der Waals surface area contributed by atoms with Gasteiger partial charge in [0.1, 0.15) is 11.6 Å². The van der Waals surface area contributed by atoms with E-state index in [2.05, 4.69) is 0 Å². The molecule has 0 amide bonds. The summed E-state index contributed by atoms with van der Waals surface area (Å²) in [5.41, 5.74) is 6.49. The molecule has 0 heterocycles. The summed E-state index contributed by atoms with van der Waals surface area (Å²) in [4.78, 5) is 11.1. The predicted octanol–water partition coefficient (Wildman–Crippen LogP) is 2.74. The van der Waals surface area contributed by atoms with E-state index in [0.717, 1.165) is 6.42 Å². The first kappa shape index (κ1) is 16.4.